The third kappa shape index (κ3) is 4.70. The molecule has 0 aliphatic carbocycles. The van der Waals surface area contributed by atoms with Crippen LogP contribution in [-0.2, 0) is 0 Å². The number of hydrogen-bond acceptors (Lipinski definition) is 3. The molecule has 19 heavy (non-hydrogen) atoms. The number of rotatable bonds is 4. The van der Waals surface area contributed by atoms with Crippen LogP contribution < -0.4 is 5.32 Å². The number of carbonyl (C=O) groups excluding carboxylic acids is 1. The molecule has 1 aromatic heterocycles. The second-order valence-corrected chi connectivity index (χ2v) is 4.77. The highest BCUT2D eigenvalue weighted by Crippen LogP contribution is 2.22. The van der Waals surface area contributed by atoms with Crippen LogP contribution in [0, 0.1) is 0 Å². The van der Waals surface area contributed by atoms with Crippen LogP contribution >= 0.6 is 15.9 Å². The van der Waals surface area contributed by atoms with E-state index >= 15 is 0 Å². The number of pyridine rings is 1. The van der Waals surface area contributed by atoms with E-state index in [9.17, 15) is 18.0 Å². The number of anilines is 1. The Labute approximate surface area is 117 Å². The van der Waals surface area contributed by atoms with Crippen LogP contribution in [0.3, 0.4) is 0 Å². The first-order chi connectivity index (χ1) is 8.74. The van der Waals surface area contributed by atoms with Gasteiger partial charge in [0.2, 0.25) is 0 Å². The Morgan fingerprint density at radius 1 is 1.53 bits per heavy atom. The molecule has 0 spiro atoms. The number of amides is 1. The largest absolute Gasteiger partial charge is 0.406 e. The molecule has 0 unspecified atom stereocenters. The summed E-state index contributed by atoms with van der Waals surface area (Å²) in [6.45, 7) is 1.01. The molecule has 1 rings (SSSR count). The summed E-state index contributed by atoms with van der Waals surface area (Å²) in [5, 5.41) is 2.84. The lowest BCUT2D eigenvalue weighted by Gasteiger charge is -2.20. The van der Waals surface area contributed by atoms with Gasteiger partial charge in [-0.3, -0.25) is 4.79 Å². The van der Waals surface area contributed by atoms with Crippen molar-refractivity contribution in [3.05, 3.63) is 22.3 Å². The van der Waals surface area contributed by atoms with E-state index in [1.807, 2.05) is 0 Å². The third-order valence-corrected chi connectivity index (χ3v) is 2.63. The number of carbonyl (C=O) groups is 1. The molecule has 1 N–H and O–H groups in total. The lowest BCUT2D eigenvalue weighted by molar-refractivity contribution is -0.138. The Balaban J connectivity index is 3.00. The first-order valence-corrected chi connectivity index (χ1v) is 6.25. The van der Waals surface area contributed by atoms with Gasteiger partial charge in [0.1, 0.15) is 12.4 Å². The summed E-state index contributed by atoms with van der Waals surface area (Å²) in [5.74, 6) is -0.466. The van der Waals surface area contributed by atoms with Gasteiger partial charge in [0.05, 0.1) is 5.56 Å². The highest BCUT2D eigenvalue weighted by molar-refractivity contribution is 9.10. The molecule has 4 nitrogen and oxygen atoms in total. The third-order valence-electron chi connectivity index (χ3n) is 2.19. The van der Waals surface area contributed by atoms with Crippen molar-refractivity contribution in [2.75, 3.05) is 25.5 Å². The summed E-state index contributed by atoms with van der Waals surface area (Å²) in [4.78, 5) is 16.6. The Bertz CT molecular complexity index is 465. The van der Waals surface area contributed by atoms with Gasteiger partial charge in [-0.25, -0.2) is 4.98 Å². The number of aromatic nitrogens is 1. The van der Waals surface area contributed by atoms with E-state index in [1.165, 1.54) is 12.3 Å². The molecule has 1 aromatic rings. The van der Waals surface area contributed by atoms with Crippen molar-refractivity contribution in [3.8, 4) is 0 Å². The van der Waals surface area contributed by atoms with Crippen molar-refractivity contribution in [3.63, 3.8) is 0 Å². The van der Waals surface area contributed by atoms with Crippen LogP contribution in [-0.4, -0.2) is 42.1 Å². The van der Waals surface area contributed by atoms with E-state index in [2.05, 4.69) is 26.2 Å². The van der Waals surface area contributed by atoms with Gasteiger partial charge in [-0.1, -0.05) is 0 Å². The second-order valence-electron chi connectivity index (χ2n) is 3.86. The van der Waals surface area contributed by atoms with Crippen molar-refractivity contribution >= 4 is 27.7 Å². The Morgan fingerprint density at radius 2 is 2.16 bits per heavy atom. The molecule has 106 valence electrons. The van der Waals surface area contributed by atoms with Gasteiger partial charge in [-0.15, -0.1) is 0 Å². The summed E-state index contributed by atoms with van der Waals surface area (Å²) in [5.41, 5.74) is 0.1000. The van der Waals surface area contributed by atoms with Gasteiger partial charge < -0.3 is 10.2 Å². The highest BCUT2D eigenvalue weighted by Gasteiger charge is 2.32. The minimum Gasteiger partial charge on any atom is -0.370 e. The molecule has 0 aromatic carbocycles. The average molecular weight is 340 g/mol. The van der Waals surface area contributed by atoms with Gasteiger partial charge in [0.25, 0.3) is 5.91 Å². The number of nitrogens with zero attached hydrogens (tertiary/aromatic N) is 2. The molecule has 0 radical (unpaired) electrons. The van der Waals surface area contributed by atoms with Crippen molar-refractivity contribution < 1.29 is 18.0 Å². The monoisotopic (exact) mass is 339 g/mol. The van der Waals surface area contributed by atoms with Crippen LogP contribution in [0.25, 0.3) is 0 Å². The first-order valence-electron chi connectivity index (χ1n) is 5.46. The number of nitrogens with one attached hydrogen (secondary N) is 1. The van der Waals surface area contributed by atoms with Crippen LogP contribution in [0.15, 0.2) is 16.7 Å². The van der Waals surface area contributed by atoms with Crippen molar-refractivity contribution in [2.24, 2.45) is 0 Å². The van der Waals surface area contributed by atoms with E-state index in [4.69, 9.17) is 0 Å². The minimum absolute atomic E-state index is 0.1000. The Kier molecular flexibility index (Phi) is 5.16. The molecule has 1 heterocycles. The van der Waals surface area contributed by atoms with Gasteiger partial charge >= 0.3 is 6.18 Å². The summed E-state index contributed by atoms with van der Waals surface area (Å²) in [7, 11) is 1.10. The zero-order valence-electron chi connectivity index (χ0n) is 10.4. The predicted octanol–water partition coefficient (Wildman–Crippen LogP) is 2.91. The number of halogens is 4. The number of hydrogen-bond donors (Lipinski definition) is 1. The summed E-state index contributed by atoms with van der Waals surface area (Å²) in [6, 6.07) is 1.44. The zero-order chi connectivity index (χ0) is 14.6. The van der Waals surface area contributed by atoms with E-state index < -0.39 is 18.6 Å². The molecule has 1 amide bonds. The minimum atomic E-state index is -4.43. The lowest BCUT2D eigenvalue weighted by atomic mass is 10.2. The highest BCUT2D eigenvalue weighted by atomic mass is 79.9. The SMILES string of the molecule is CCNc1ncc(Br)cc1C(=O)N(C)CC(F)(F)F. The molecule has 8 heteroatoms. The van der Waals surface area contributed by atoms with Crippen LogP contribution in [0.4, 0.5) is 19.0 Å². The fourth-order valence-corrected chi connectivity index (χ4v) is 1.79. The normalized spacial score (nSPS) is 11.3. The first kappa shape index (κ1) is 15.7. The summed E-state index contributed by atoms with van der Waals surface area (Å²) in [6.07, 6.45) is -2.96. The van der Waals surface area contributed by atoms with Crippen LogP contribution in [0.1, 0.15) is 17.3 Å². The number of alkyl halides is 3. The van der Waals surface area contributed by atoms with Gasteiger partial charge in [0, 0.05) is 24.3 Å². The fourth-order valence-electron chi connectivity index (χ4n) is 1.46. The zero-order valence-corrected chi connectivity index (χ0v) is 12.0. The van der Waals surface area contributed by atoms with Crippen molar-refractivity contribution in [1.82, 2.24) is 9.88 Å². The maximum atomic E-state index is 12.3. The maximum absolute atomic E-state index is 12.3. The molecule has 0 fully saturated rings. The molecular formula is C11H13BrF3N3O. The maximum Gasteiger partial charge on any atom is 0.406 e. The topological polar surface area (TPSA) is 45.2 Å². The smallest absolute Gasteiger partial charge is 0.370 e. The molecule has 0 saturated heterocycles. The van der Waals surface area contributed by atoms with Crippen LogP contribution in [0.2, 0.25) is 0 Å². The molecule has 0 aliphatic rings. The lowest BCUT2D eigenvalue weighted by Crippen LogP contribution is -2.36. The Hall–Kier alpha value is -1.31. The standard InChI is InChI=1S/C11H13BrF3N3O/c1-3-16-9-8(4-7(12)5-17-9)10(19)18(2)6-11(13,14)15/h4-5H,3,6H2,1-2H3,(H,16,17). The van der Waals surface area contributed by atoms with Gasteiger partial charge in [0.15, 0.2) is 0 Å². The second kappa shape index (κ2) is 6.23. The molecular weight excluding hydrogens is 327 g/mol. The van der Waals surface area contributed by atoms with E-state index in [0.29, 0.717) is 15.9 Å². The van der Waals surface area contributed by atoms with Gasteiger partial charge in [-0.05, 0) is 28.9 Å². The quantitative estimate of drug-likeness (QED) is 0.917. The summed E-state index contributed by atoms with van der Waals surface area (Å²) < 4.78 is 37.4. The molecule has 0 bridgehead atoms. The fraction of sp³-hybridized carbons (Fsp3) is 0.455. The molecule has 0 atom stereocenters. The Morgan fingerprint density at radius 3 is 2.68 bits per heavy atom. The molecule has 0 saturated carbocycles. The van der Waals surface area contributed by atoms with Crippen molar-refractivity contribution in [1.29, 1.82) is 0 Å². The van der Waals surface area contributed by atoms with E-state index in [-0.39, 0.29) is 11.4 Å². The van der Waals surface area contributed by atoms with E-state index in [1.54, 1.807) is 6.92 Å². The van der Waals surface area contributed by atoms with E-state index in [0.717, 1.165) is 7.05 Å². The average Bonchev–Trinajstić information content (AvgIpc) is 2.28. The van der Waals surface area contributed by atoms with Gasteiger partial charge in [-0.2, -0.15) is 13.2 Å². The van der Waals surface area contributed by atoms with Crippen molar-refractivity contribution in [2.45, 2.75) is 13.1 Å². The van der Waals surface area contributed by atoms with Crippen LogP contribution in [0.5, 0.6) is 0 Å². The predicted molar refractivity (Wildman–Crippen MR) is 69.1 cm³/mol. The summed E-state index contributed by atoms with van der Waals surface area (Å²) >= 11 is 3.14. The molecule has 0 aliphatic heterocycles.